The summed E-state index contributed by atoms with van der Waals surface area (Å²) in [6, 6.07) is 20.0. The molecule has 0 spiro atoms. The lowest BCUT2D eigenvalue weighted by atomic mass is 10.1. The predicted molar refractivity (Wildman–Crippen MR) is 82.5 cm³/mol. The average Bonchev–Trinajstić information content (AvgIpc) is 2.46. The zero-order valence-electron chi connectivity index (χ0n) is 12.3. The van der Waals surface area contributed by atoms with Crippen LogP contribution in [0.2, 0.25) is 0 Å². The number of carbonyl (C=O) groups excluding carboxylic acids is 1. The van der Waals surface area contributed by atoms with Gasteiger partial charge in [0.1, 0.15) is 6.54 Å². The van der Waals surface area contributed by atoms with Crippen LogP contribution in [0.5, 0.6) is 0 Å². The van der Waals surface area contributed by atoms with Gasteiger partial charge in [0, 0.05) is 11.1 Å². The molecule has 2 aromatic carbocycles. The van der Waals surface area contributed by atoms with Crippen molar-refractivity contribution in [2.75, 3.05) is 20.6 Å². The summed E-state index contributed by atoms with van der Waals surface area (Å²) in [5, 5.41) is 0. The van der Waals surface area contributed by atoms with Crippen LogP contribution in [-0.4, -0.2) is 30.9 Å². The minimum Gasteiger partial charge on any atom is -0.324 e. The maximum absolute atomic E-state index is 12.1. The highest BCUT2D eigenvalue weighted by atomic mass is 16.1. The van der Waals surface area contributed by atoms with Gasteiger partial charge in [-0.2, -0.15) is 0 Å². The van der Waals surface area contributed by atoms with Crippen LogP contribution < -0.4 is 0 Å². The molecule has 0 heterocycles. The highest BCUT2D eigenvalue weighted by molar-refractivity contribution is 5.96. The van der Waals surface area contributed by atoms with E-state index in [9.17, 15) is 4.79 Å². The largest absolute Gasteiger partial charge is 0.324 e. The lowest BCUT2D eigenvalue weighted by Gasteiger charge is -2.29. The van der Waals surface area contributed by atoms with Crippen LogP contribution in [-0.2, 0) is 6.54 Å². The molecule has 0 fully saturated rings. The van der Waals surface area contributed by atoms with Crippen LogP contribution in [0.1, 0.15) is 22.3 Å². The maximum Gasteiger partial charge on any atom is 0.168 e. The first-order chi connectivity index (χ1) is 9.57. The summed E-state index contributed by atoms with van der Waals surface area (Å²) < 4.78 is 0.822. The first kappa shape index (κ1) is 14.5. The summed E-state index contributed by atoms with van der Waals surface area (Å²) >= 11 is 0. The maximum atomic E-state index is 12.1. The quantitative estimate of drug-likeness (QED) is 0.578. The number of benzene rings is 2. The van der Waals surface area contributed by atoms with Gasteiger partial charge in [-0.15, -0.1) is 0 Å². The molecule has 20 heavy (non-hydrogen) atoms. The number of Topliss-reactive ketones (excluding diaryl/α,β-unsaturated/α-hetero) is 1. The second kappa shape index (κ2) is 6.49. The number of quaternary nitrogens is 1. The molecule has 2 aromatic rings. The third-order valence-electron chi connectivity index (χ3n) is 3.49. The monoisotopic (exact) mass is 268 g/mol. The molecule has 0 N–H and O–H groups in total. The molecule has 2 heteroatoms. The SMILES string of the molecule is C[N+](C)(CCC(=O)c1ccccc1)Cc1ccccc1. The van der Waals surface area contributed by atoms with Gasteiger partial charge in [0.15, 0.2) is 5.78 Å². The molecule has 104 valence electrons. The minimum atomic E-state index is 0.227. The molecule has 0 aromatic heterocycles. The molecule has 0 aliphatic carbocycles. The molecule has 2 nitrogen and oxygen atoms in total. The van der Waals surface area contributed by atoms with Crippen LogP contribution >= 0.6 is 0 Å². The summed E-state index contributed by atoms with van der Waals surface area (Å²) in [6.07, 6.45) is 0.587. The Bertz CT molecular complexity index is 546. The van der Waals surface area contributed by atoms with Crippen LogP contribution in [0.15, 0.2) is 60.7 Å². The third-order valence-corrected chi connectivity index (χ3v) is 3.49. The van der Waals surface area contributed by atoms with Crippen LogP contribution in [0.25, 0.3) is 0 Å². The van der Waals surface area contributed by atoms with Crippen molar-refractivity contribution in [1.82, 2.24) is 0 Å². The number of hydrogen-bond acceptors (Lipinski definition) is 1. The molecule has 0 amide bonds. The Morgan fingerprint density at radius 2 is 1.45 bits per heavy atom. The normalized spacial score (nSPS) is 11.3. The first-order valence-electron chi connectivity index (χ1n) is 7.01. The molecular formula is C18H22NO+. The van der Waals surface area contributed by atoms with E-state index in [1.54, 1.807) is 0 Å². The summed E-state index contributed by atoms with van der Waals surface area (Å²) in [7, 11) is 4.34. The van der Waals surface area contributed by atoms with Gasteiger partial charge in [-0.05, 0) is 0 Å². The van der Waals surface area contributed by atoms with Crippen molar-refractivity contribution < 1.29 is 9.28 Å². The Balaban J connectivity index is 1.91. The lowest BCUT2D eigenvalue weighted by Crippen LogP contribution is -2.40. The predicted octanol–water partition coefficient (Wildman–Crippen LogP) is 3.54. The molecule has 0 bridgehead atoms. The highest BCUT2D eigenvalue weighted by Gasteiger charge is 2.18. The molecule has 0 aliphatic rings. The van der Waals surface area contributed by atoms with Crippen molar-refractivity contribution in [3.63, 3.8) is 0 Å². The third kappa shape index (κ3) is 4.32. The fourth-order valence-corrected chi connectivity index (χ4v) is 2.33. The molecule has 0 saturated heterocycles. The van der Waals surface area contributed by atoms with Gasteiger partial charge in [-0.1, -0.05) is 60.7 Å². The second-order valence-electron chi connectivity index (χ2n) is 5.84. The molecule has 0 saturated carbocycles. The summed E-state index contributed by atoms with van der Waals surface area (Å²) in [4.78, 5) is 12.1. The fraction of sp³-hybridized carbons (Fsp3) is 0.278. The number of carbonyl (C=O) groups is 1. The van der Waals surface area contributed by atoms with E-state index in [4.69, 9.17) is 0 Å². The topological polar surface area (TPSA) is 17.1 Å². The van der Waals surface area contributed by atoms with Crippen molar-refractivity contribution in [3.8, 4) is 0 Å². The zero-order valence-corrected chi connectivity index (χ0v) is 12.3. The zero-order chi connectivity index (χ0) is 14.4. The van der Waals surface area contributed by atoms with Gasteiger partial charge in [-0.3, -0.25) is 4.79 Å². The van der Waals surface area contributed by atoms with Crippen LogP contribution in [0.4, 0.5) is 0 Å². The summed E-state index contributed by atoms with van der Waals surface area (Å²) in [6.45, 7) is 1.80. The van der Waals surface area contributed by atoms with Gasteiger partial charge >= 0.3 is 0 Å². The van der Waals surface area contributed by atoms with Gasteiger partial charge in [0.25, 0.3) is 0 Å². The highest BCUT2D eigenvalue weighted by Crippen LogP contribution is 2.11. The Morgan fingerprint density at radius 3 is 2.05 bits per heavy atom. The van der Waals surface area contributed by atoms with E-state index in [-0.39, 0.29) is 5.78 Å². The van der Waals surface area contributed by atoms with Crippen LogP contribution in [0, 0.1) is 0 Å². The molecule has 0 unspecified atom stereocenters. The Morgan fingerprint density at radius 1 is 0.900 bits per heavy atom. The molecular weight excluding hydrogens is 246 g/mol. The minimum absolute atomic E-state index is 0.227. The van der Waals surface area contributed by atoms with E-state index in [0.717, 1.165) is 23.1 Å². The fourth-order valence-electron chi connectivity index (χ4n) is 2.33. The average molecular weight is 268 g/mol. The Labute approximate surface area is 121 Å². The van der Waals surface area contributed by atoms with Gasteiger partial charge in [0.2, 0.25) is 0 Å². The molecule has 0 atom stereocenters. The summed E-state index contributed by atoms with van der Waals surface area (Å²) in [5.41, 5.74) is 2.12. The van der Waals surface area contributed by atoms with E-state index in [1.807, 2.05) is 36.4 Å². The lowest BCUT2D eigenvalue weighted by molar-refractivity contribution is -0.903. The van der Waals surface area contributed by atoms with Crippen LogP contribution in [0.3, 0.4) is 0 Å². The smallest absolute Gasteiger partial charge is 0.168 e. The number of hydrogen-bond donors (Lipinski definition) is 0. The van der Waals surface area contributed by atoms with Gasteiger partial charge < -0.3 is 4.48 Å². The van der Waals surface area contributed by atoms with Crippen molar-refractivity contribution >= 4 is 5.78 Å². The molecule has 2 rings (SSSR count). The Kier molecular flexibility index (Phi) is 4.70. The van der Waals surface area contributed by atoms with Gasteiger partial charge in [-0.25, -0.2) is 0 Å². The Hall–Kier alpha value is -1.93. The second-order valence-corrected chi connectivity index (χ2v) is 5.84. The molecule has 0 aliphatic heterocycles. The molecule has 0 radical (unpaired) electrons. The number of nitrogens with zero attached hydrogens (tertiary/aromatic N) is 1. The van der Waals surface area contributed by atoms with Crippen molar-refractivity contribution in [2.45, 2.75) is 13.0 Å². The summed E-state index contributed by atoms with van der Waals surface area (Å²) in [5.74, 6) is 0.227. The number of ketones is 1. The van der Waals surface area contributed by atoms with Crippen molar-refractivity contribution in [1.29, 1.82) is 0 Å². The van der Waals surface area contributed by atoms with E-state index < -0.39 is 0 Å². The van der Waals surface area contributed by atoms with Crippen molar-refractivity contribution in [3.05, 3.63) is 71.8 Å². The van der Waals surface area contributed by atoms with E-state index in [2.05, 4.69) is 38.4 Å². The number of rotatable bonds is 6. The van der Waals surface area contributed by atoms with Crippen molar-refractivity contribution in [2.24, 2.45) is 0 Å². The first-order valence-corrected chi connectivity index (χ1v) is 7.01. The van der Waals surface area contributed by atoms with E-state index in [1.165, 1.54) is 5.56 Å². The van der Waals surface area contributed by atoms with E-state index >= 15 is 0 Å². The van der Waals surface area contributed by atoms with Gasteiger partial charge in [0.05, 0.1) is 27.1 Å². The standard InChI is InChI=1S/C18H22NO/c1-19(2,15-16-9-5-3-6-10-16)14-13-18(20)17-11-7-4-8-12-17/h3-12H,13-15H2,1-2H3/q+1. The van der Waals surface area contributed by atoms with E-state index in [0.29, 0.717) is 6.42 Å².